The van der Waals surface area contributed by atoms with Gasteiger partial charge in [0.05, 0.1) is 0 Å². The molecule has 3 heterocycles. The van der Waals surface area contributed by atoms with Gasteiger partial charge in [-0.2, -0.15) is 4.98 Å². The Morgan fingerprint density at radius 3 is 2.52 bits per heavy atom. The number of aryl methyl sites for hydroxylation is 1. The number of rotatable bonds is 4. The second-order valence-corrected chi connectivity index (χ2v) is 8.89. The smallest absolute Gasteiger partial charge is 0.312 e. The lowest BCUT2D eigenvalue weighted by Crippen LogP contribution is -2.40. The van der Waals surface area contributed by atoms with E-state index in [9.17, 15) is 9.59 Å². The van der Waals surface area contributed by atoms with E-state index < -0.39 is 0 Å². The molecule has 1 aliphatic rings. The minimum absolute atomic E-state index is 0.188. The minimum atomic E-state index is -0.383. The van der Waals surface area contributed by atoms with E-state index in [1.165, 1.54) is 9.13 Å². The average molecular weight is 462 g/mol. The van der Waals surface area contributed by atoms with Crippen LogP contribution in [0.2, 0.25) is 5.02 Å². The Balaban J connectivity index is 1.63. The Bertz CT molecular complexity index is 1470. The van der Waals surface area contributed by atoms with Gasteiger partial charge < -0.3 is 9.47 Å². The van der Waals surface area contributed by atoms with Crippen LogP contribution in [0.1, 0.15) is 12.5 Å². The maximum atomic E-state index is 13.5. The van der Waals surface area contributed by atoms with Crippen molar-refractivity contribution in [1.82, 2.24) is 18.7 Å². The van der Waals surface area contributed by atoms with E-state index in [2.05, 4.69) is 11.8 Å². The zero-order valence-electron chi connectivity index (χ0n) is 18.5. The molecular formula is C25H24ClN5O2. The fourth-order valence-corrected chi connectivity index (χ4v) is 4.49. The first-order valence-corrected chi connectivity index (χ1v) is 11.3. The number of benzene rings is 2. The fourth-order valence-electron chi connectivity index (χ4n) is 4.36. The second-order valence-electron chi connectivity index (χ2n) is 8.46. The molecule has 8 heteroatoms. The van der Waals surface area contributed by atoms with E-state index in [1.54, 1.807) is 7.05 Å². The van der Waals surface area contributed by atoms with Gasteiger partial charge in [-0.05, 0) is 35.7 Å². The van der Waals surface area contributed by atoms with Crippen molar-refractivity contribution in [2.75, 3.05) is 11.4 Å². The molecule has 0 spiro atoms. The summed E-state index contributed by atoms with van der Waals surface area (Å²) in [5.74, 6) is 0.948. The van der Waals surface area contributed by atoms with Crippen LogP contribution in [0, 0.1) is 5.92 Å². The van der Waals surface area contributed by atoms with Crippen LogP contribution in [-0.4, -0.2) is 25.2 Å². The van der Waals surface area contributed by atoms with E-state index in [-0.39, 0.29) is 23.7 Å². The maximum absolute atomic E-state index is 13.5. The first-order chi connectivity index (χ1) is 15.9. The van der Waals surface area contributed by atoms with Crippen molar-refractivity contribution in [3.05, 3.63) is 92.1 Å². The summed E-state index contributed by atoms with van der Waals surface area (Å²) in [6.07, 6.45) is 3.74. The zero-order valence-corrected chi connectivity index (χ0v) is 19.2. The van der Waals surface area contributed by atoms with Crippen LogP contribution in [0.25, 0.3) is 17.2 Å². The maximum Gasteiger partial charge on any atom is 0.332 e. The van der Waals surface area contributed by atoms with Gasteiger partial charge in [-0.25, -0.2) is 4.79 Å². The summed E-state index contributed by atoms with van der Waals surface area (Å²) < 4.78 is 4.67. The molecule has 2 aromatic heterocycles. The molecule has 1 atom stereocenters. The van der Waals surface area contributed by atoms with Gasteiger partial charge in [-0.3, -0.25) is 13.9 Å². The number of anilines is 2. The molecule has 0 saturated heterocycles. The molecular weight excluding hydrogens is 438 g/mol. The lowest BCUT2D eigenvalue weighted by atomic mass is 10.1. The highest BCUT2D eigenvalue weighted by Gasteiger charge is 2.29. The standard InChI is InChI=1S/C25H24ClN5O2/c1-17-15-30(20-12-10-19(26)11-13-20)24-27-22-21(31(24)16-17)23(32)29(25(33)28(22)2)14-6-9-18-7-4-3-5-8-18/h3-13,17H,14-16H2,1-2H3. The monoisotopic (exact) mass is 461 g/mol. The topological polar surface area (TPSA) is 65.1 Å². The number of halogens is 1. The third-order valence-electron chi connectivity index (χ3n) is 5.98. The Labute approximate surface area is 195 Å². The van der Waals surface area contributed by atoms with E-state index in [1.807, 2.05) is 71.3 Å². The number of hydrogen-bond acceptors (Lipinski definition) is 4. The highest BCUT2D eigenvalue weighted by Crippen LogP contribution is 2.33. The number of allylic oxidation sites excluding steroid dienone is 1. The molecule has 5 rings (SSSR count). The molecule has 0 N–H and O–H groups in total. The third kappa shape index (κ3) is 3.78. The fraction of sp³-hybridized carbons (Fsp3) is 0.240. The molecule has 0 aliphatic carbocycles. The first kappa shape index (κ1) is 21.3. The molecule has 0 bridgehead atoms. The zero-order chi connectivity index (χ0) is 23.1. The van der Waals surface area contributed by atoms with Crippen molar-refractivity contribution in [1.29, 1.82) is 0 Å². The molecule has 0 amide bonds. The Morgan fingerprint density at radius 1 is 1.06 bits per heavy atom. The van der Waals surface area contributed by atoms with Gasteiger partial charge >= 0.3 is 5.69 Å². The van der Waals surface area contributed by atoms with Gasteiger partial charge in [-0.15, -0.1) is 0 Å². The van der Waals surface area contributed by atoms with Gasteiger partial charge in [0, 0.05) is 37.4 Å². The molecule has 7 nitrogen and oxygen atoms in total. The predicted octanol–water partition coefficient (Wildman–Crippen LogP) is 4.05. The van der Waals surface area contributed by atoms with Crippen molar-refractivity contribution in [3.8, 4) is 0 Å². The number of imidazole rings is 1. The van der Waals surface area contributed by atoms with Crippen LogP contribution in [0.3, 0.4) is 0 Å². The Hall–Kier alpha value is -3.58. The number of aromatic nitrogens is 4. The predicted molar refractivity (Wildman–Crippen MR) is 132 cm³/mol. The molecule has 1 unspecified atom stereocenters. The minimum Gasteiger partial charge on any atom is -0.312 e. The van der Waals surface area contributed by atoms with Crippen molar-refractivity contribution >= 4 is 40.5 Å². The largest absolute Gasteiger partial charge is 0.332 e. The first-order valence-electron chi connectivity index (χ1n) is 10.9. The van der Waals surface area contributed by atoms with Gasteiger partial charge in [0.1, 0.15) is 0 Å². The van der Waals surface area contributed by atoms with Gasteiger partial charge in [0.25, 0.3) is 5.56 Å². The van der Waals surface area contributed by atoms with Crippen LogP contribution < -0.4 is 16.1 Å². The molecule has 2 aromatic carbocycles. The highest BCUT2D eigenvalue weighted by molar-refractivity contribution is 6.30. The van der Waals surface area contributed by atoms with Crippen LogP contribution in [0.4, 0.5) is 11.6 Å². The lowest BCUT2D eigenvalue weighted by Gasteiger charge is -2.33. The lowest BCUT2D eigenvalue weighted by molar-refractivity contribution is 0.458. The molecule has 0 fully saturated rings. The second kappa shape index (κ2) is 8.41. The summed E-state index contributed by atoms with van der Waals surface area (Å²) in [4.78, 5) is 33.3. The summed E-state index contributed by atoms with van der Waals surface area (Å²) in [5.41, 5.74) is 2.10. The molecule has 33 heavy (non-hydrogen) atoms. The quantitative estimate of drug-likeness (QED) is 0.460. The van der Waals surface area contributed by atoms with Crippen LogP contribution in [-0.2, 0) is 20.1 Å². The summed E-state index contributed by atoms with van der Waals surface area (Å²) in [5, 5.41) is 0.658. The molecule has 168 valence electrons. The van der Waals surface area contributed by atoms with Crippen molar-refractivity contribution in [2.45, 2.75) is 20.0 Å². The van der Waals surface area contributed by atoms with E-state index >= 15 is 0 Å². The molecule has 4 aromatic rings. The van der Waals surface area contributed by atoms with Crippen LogP contribution >= 0.6 is 11.6 Å². The summed E-state index contributed by atoms with van der Waals surface area (Å²) >= 11 is 6.07. The van der Waals surface area contributed by atoms with Crippen LogP contribution in [0.5, 0.6) is 0 Å². The van der Waals surface area contributed by atoms with Crippen molar-refractivity contribution < 1.29 is 0 Å². The summed E-state index contributed by atoms with van der Waals surface area (Å²) in [6.45, 7) is 3.74. The van der Waals surface area contributed by atoms with Crippen molar-refractivity contribution in [3.63, 3.8) is 0 Å². The summed E-state index contributed by atoms with van der Waals surface area (Å²) in [7, 11) is 1.66. The Morgan fingerprint density at radius 2 is 1.79 bits per heavy atom. The van der Waals surface area contributed by atoms with E-state index in [0.29, 0.717) is 28.7 Å². The third-order valence-corrected chi connectivity index (χ3v) is 6.23. The van der Waals surface area contributed by atoms with E-state index in [0.717, 1.165) is 17.8 Å². The average Bonchev–Trinajstić information content (AvgIpc) is 3.20. The molecule has 0 saturated carbocycles. The number of hydrogen-bond donors (Lipinski definition) is 0. The molecule has 0 radical (unpaired) electrons. The SMILES string of the molecule is CC1CN(c2ccc(Cl)cc2)c2nc3c(c(=O)n(CC=Cc4ccccc4)c(=O)n3C)n2C1. The van der Waals surface area contributed by atoms with Gasteiger partial charge in [0.2, 0.25) is 5.95 Å². The number of nitrogens with zero attached hydrogens (tertiary/aromatic N) is 5. The molecule has 1 aliphatic heterocycles. The van der Waals surface area contributed by atoms with Crippen LogP contribution in [0.15, 0.2) is 70.3 Å². The van der Waals surface area contributed by atoms with E-state index in [4.69, 9.17) is 16.6 Å². The van der Waals surface area contributed by atoms with Gasteiger partial charge in [0.15, 0.2) is 11.2 Å². The number of fused-ring (bicyclic) bond motifs is 3. The van der Waals surface area contributed by atoms with Gasteiger partial charge in [-0.1, -0.05) is 61.0 Å². The summed E-state index contributed by atoms with van der Waals surface area (Å²) in [6, 6.07) is 17.3. The normalized spacial score (nSPS) is 16.0. The highest BCUT2D eigenvalue weighted by atomic mass is 35.5. The van der Waals surface area contributed by atoms with Crippen molar-refractivity contribution in [2.24, 2.45) is 13.0 Å². The Kier molecular flexibility index (Phi) is 5.42.